The van der Waals surface area contributed by atoms with Gasteiger partial charge in [0.1, 0.15) is 0 Å². The number of para-hydroxylation sites is 1. The summed E-state index contributed by atoms with van der Waals surface area (Å²) >= 11 is 0. The summed E-state index contributed by atoms with van der Waals surface area (Å²) in [6, 6.07) is 4.79. The average molecular weight is 296 g/mol. The van der Waals surface area contributed by atoms with Crippen LogP contribution in [0.2, 0.25) is 0 Å². The lowest BCUT2D eigenvalue weighted by Crippen LogP contribution is -2.37. The fourth-order valence-corrected chi connectivity index (χ4v) is 1.85. The van der Waals surface area contributed by atoms with Gasteiger partial charge in [-0.25, -0.2) is 4.39 Å². The fraction of sp³-hybridized carbons (Fsp3) is 0.562. The number of nitrogens with one attached hydrogen (secondary N) is 2. The van der Waals surface area contributed by atoms with Crippen LogP contribution in [0.25, 0.3) is 0 Å². The highest BCUT2D eigenvalue weighted by atomic mass is 19.1. The molecule has 1 amide bonds. The third-order valence-electron chi connectivity index (χ3n) is 3.00. The molecule has 0 aromatic heterocycles. The van der Waals surface area contributed by atoms with Crippen molar-refractivity contribution in [1.29, 1.82) is 0 Å². The molecule has 0 heterocycles. The van der Waals surface area contributed by atoms with Gasteiger partial charge in [0.25, 0.3) is 5.91 Å². The zero-order chi connectivity index (χ0) is 15.7. The first-order valence-electron chi connectivity index (χ1n) is 7.52. The van der Waals surface area contributed by atoms with Crippen LogP contribution in [0.15, 0.2) is 18.2 Å². The van der Waals surface area contributed by atoms with Crippen LogP contribution in [-0.4, -0.2) is 25.1 Å². The number of carbonyl (C=O) groups excluding carboxylic acids is 1. The van der Waals surface area contributed by atoms with E-state index in [1.807, 2.05) is 6.92 Å². The molecule has 1 rings (SSSR count). The molecule has 0 aliphatic rings. The summed E-state index contributed by atoms with van der Waals surface area (Å²) < 4.78 is 19.5. The van der Waals surface area contributed by atoms with Gasteiger partial charge in [0.2, 0.25) is 0 Å². The minimum Gasteiger partial charge on any atom is -0.477 e. The Morgan fingerprint density at radius 2 is 2.00 bits per heavy atom. The molecule has 21 heavy (non-hydrogen) atoms. The molecule has 0 radical (unpaired) electrons. The van der Waals surface area contributed by atoms with Crippen molar-refractivity contribution in [3.8, 4) is 5.75 Å². The van der Waals surface area contributed by atoms with Crippen LogP contribution in [0.4, 0.5) is 4.39 Å². The smallest absolute Gasteiger partial charge is 0.260 e. The van der Waals surface area contributed by atoms with Gasteiger partial charge in [-0.2, -0.15) is 0 Å². The lowest BCUT2D eigenvalue weighted by molar-refractivity contribution is -0.127. The van der Waals surface area contributed by atoms with Crippen LogP contribution in [-0.2, 0) is 11.3 Å². The average Bonchev–Trinajstić information content (AvgIpc) is 2.48. The van der Waals surface area contributed by atoms with Gasteiger partial charge in [0, 0.05) is 18.7 Å². The number of hydrogen-bond acceptors (Lipinski definition) is 3. The molecule has 0 saturated heterocycles. The summed E-state index contributed by atoms with van der Waals surface area (Å²) in [4.78, 5) is 11.8. The van der Waals surface area contributed by atoms with Crippen LogP contribution < -0.4 is 15.4 Å². The summed E-state index contributed by atoms with van der Waals surface area (Å²) in [5.41, 5.74) is 0.721. The molecule has 118 valence electrons. The van der Waals surface area contributed by atoms with Crippen molar-refractivity contribution >= 4 is 5.91 Å². The first-order chi connectivity index (χ1) is 10.1. The van der Waals surface area contributed by atoms with Gasteiger partial charge in [-0.05, 0) is 32.4 Å². The van der Waals surface area contributed by atoms with Crippen molar-refractivity contribution in [2.24, 2.45) is 0 Å². The van der Waals surface area contributed by atoms with Crippen LogP contribution in [0.5, 0.6) is 5.75 Å². The van der Waals surface area contributed by atoms with E-state index in [1.165, 1.54) is 6.07 Å². The largest absolute Gasteiger partial charge is 0.477 e. The van der Waals surface area contributed by atoms with E-state index >= 15 is 0 Å². The summed E-state index contributed by atoms with van der Waals surface area (Å²) in [5, 5.41) is 5.95. The maximum Gasteiger partial charge on any atom is 0.260 e. The minimum atomic E-state index is -0.724. The van der Waals surface area contributed by atoms with E-state index in [1.54, 1.807) is 19.1 Å². The van der Waals surface area contributed by atoms with E-state index in [-0.39, 0.29) is 11.7 Å². The number of amides is 1. The number of halogens is 1. The van der Waals surface area contributed by atoms with E-state index in [9.17, 15) is 9.18 Å². The lowest BCUT2D eigenvalue weighted by Gasteiger charge is -2.18. The third-order valence-corrected chi connectivity index (χ3v) is 3.00. The molecule has 1 aromatic carbocycles. The number of hydrogen-bond donors (Lipinski definition) is 2. The first kappa shape index (κ1) is 17.4. The van der Waals surface area contributed by atoms with Crippen molar-refractivity contribution in [1.82, 2.24) is 10.6 Å². The van der Waals surface area contributed by atoms with Crippen molar-refractivity contribution < 1.29 is 13.9 Å². The van der Waals surface area contributed by atoms with Gasteiger partial charge < -0.3 is 15.4 Å². The van der Waals surface area contributed by atoms with E-state index in [0.717, 1.165) is 24.9 Å². The molecule has 0 saturated carbocycles. The highest BCUT2D eigenvalue weighted by Crippen LogP contribution is 2.24. The Bertz CT molecular complexity index is 452. The Morgan fingerprint density at radius 1 is 1.29 bits per heavy atom. The highest BCUT2D eigenvalue weighted by Gasteiger charge is 2.18. The topological polar surface area (TPSA) is 50.4 Å². The second-order valence-corrected chi connectivity index (χ2v) is 4.96. The molecule has 5 heteroatoms. The second-order valence-electron chi connectivity index (χ2n) is 4.96. The van der Waals surface area contributed by atoms with Gasteiger partial charge in [0.05, 0.1) is 0 Å². The van der Waals surface area contributed by atoms with Crippen molar-refractivity contribution in [2.45, 2.75) is 46.3 Å². The SMILES string of the molecule is CCCNCc1cccc(F)c1OC(C)C(=O)NCCC. The quantitative estimate of drug-likeness (QED) is 0.689. The Kier molecular flexibility index (Phi) is 7.75. The molecule has 1 unspecified atom stereocenters. The van der Waals surface area contributed by atoms with Crippen molar-refractivity contribution in [2.75, 3.05) is 13.1 Å². The summed E-state index contributed by atoms with van der Waals surface area (Å²) in [5.74, 6) is -0.520. The Balaban J connectivity index is 2.73. The molecule has 1 aromatic rings. The van der Waals surface area contributed by atoms with Crippen LogP contribution in [0, 0.1) is 5.82 Å². The molecule has 0 spiro atoms. The molecular weight excluding hydrogens is 271 g/mol. The van der Waals surface area contributed by atoms with Crippen molar-refractivity contribution in [3.63, 3.8) is 0 Å². The van der Waals surface area contributed by atoms with Crippen LogP contribution >= 0.6 is 0 Å². The maximum absolute atomic E-state index is 14.0. The summed E-state index contributed by atoms with van der Waals surface area (Å²) in [6.07, 6.45) is 1.13. The second kappa shape index (κ2) is 9.34. The van der Waals surface area contributed by atoms with Gasteiger partial charge in [-0.1, -0.05) is 26.0 Å². The van der Waals surface area contributed by atoms with Gasteiger partial charge >= 0.3 is 0 Å². The molecule has 2 N–H and O–H groups in total. The predicted molar refractivity (Wildman–Crippen MR) is 81.8 cm³/mol. The first-order valence-corrected chi connectivity index (χ1v) is 7.52. The van der Waals surface area contributed by atoms with Gasteiger partial charge in [-0.3, -0.25) is 4.79 Å². The molecule has 4 nitrogen and oxygen atoms in total. The number of rotatable bonds is 9. The van der Waals surface area contributed by atoms with Crippen LogP contribution in [0.3, 0.4) is 0 Å². The normalized spacial score (nSPS) is 12.0. The third kappa shape index (κ3) is 5.71. The van der Waals surface area contributed by atoms with Gasteiger partial charge in [0.15, 0.2) is 17.7 Å². The number of benzene rings is 1. The Labute approximate surface area is 126 Å². The minimum absolute atomic E-state index is 0.153. The Morgan fingerprint density at radius 3 is 2.67 bits per heavy atom. The predicted octanol–water partition coefficient (Wildman–Crippen LogP) is 2.62. The van der Waals surface area contributed by atoms with Gasteiger partial charge in [-0.15, -0.1) is 0 Å². The molecule has 0 aliphatic carbocycles. The van der Waals surface area contributed by atoms with E-state index in [4.69, 9.17) is 4.74 Å². The summed E-state index contributed by atoms with van der Waals surface area (Å²) in [7, 11) is 0. The lowest BCUT2D eigenvalue weighted by atomic mass is 10.2. The molecule has 0 fully saturated rings. The van der Waals surface area contributed by atoms with E-state index in [2.05, 4.69) is 17.6 Å². The molecule has 0 aliphatic heterocycles. The molecular formula is C16H25FN2O2. The number of carbonyl (C=O) groups is 1. The zero-order valence-electron chi connectivity index (χ0n) is 13.0. The molecule has 1 atom stereocenters. The zero-order valence-corrected chi connectivity index (χ0v) is 13.0. The molecule has 0 bridgehead atoms. The number of ether oxygens (including phenoxy) is 1. The van der Waals surface area contributed by atoms with Crippen LogP contribution in [0.1, 0.15) is 39.2 Å². The fourth-order valence-electron chi connectivity index (χ4n) is 1.85. The van der Waals surface area contributed by atoms with E-state index in [0.29, 0.717) is 13.1 Å². The maximum atomic E-state index is 14.0. The highest BCUT2D eigenvalue weighted by molar-refractivity contribution is 5.80. The Hall–Kier alpha value is -1.62. The van der Waals surface area contributed by atoms with E-state index < -0.39 is 11.9 Å². The summed E-state index contributed by atoms with van der Waals surface area (Å²) in [6.45, 7) is 7.62. The monoisotopic (exact) mass is 296 g/mol. The standard InChI is InChI=1S/C16H25FN2O2/c1-4-9-18-11-13-7-6-8-14(17)15(13)21-12(3)16(20)19-10-5-2/h6-8,12,18H,4-5,9-11H2,1-3H3,(H,19,20). The van der Waals surface area contributed by atoms with Crippen molar-refractivity contribution in [3.05, 3.63) is 29.6 Å².